The van der Waals surface area contributed by atoms with Gasteiger partial charge in [0, 0.05) is 17.7 Å². The smallest absolute Gasteiger partial charge is 0.340 e. The fraction of sp³-hybridized carbons (Fsp3) is 0.500. The van der Waals surface area contributed by atoms with Gasteiger partial charge >= 0.3 is 7.37 Å². The van der Waals surface area contributed by atoms with Crippen LogP contribution in [-0.4, -0.2) is 30.9 Å². The van der Waals surface area contributed by atoms with Gasteiger partial charge in [-0.15, -0.1) is 0 Å². The molecule has 0 aliphatic carbocycles. The van der Waals surface area contributed by atoms with Crippen LogP contribution in [0.25, 0.3) is 0 Å². The molecule has 0 aromatic heterocycles. The number of hydrogen-bond donors (Lipinski definition) is 0. The Labute approximate surface area is 181 Å². The summed E-state index contributed by atoms with van der Waals surface area (Å²) in [5, 5.41) is 0. The summed E-state index contributed by atoms with van der Waals surface area (Å²) in [6.45, 7) is 15.2. The van der Waals surface area contributed by atoms with Gasteiger partial charge in [0.05, 0.1) is 13.2 Å². The molecule has 0 aliphatic rings. The number of carbonyl (C=O) groups is 2. The van der Waals surface area contributed by atoms with E-state index in [1.807, 2.05) is 26.0 Å². The third-order valence-electron chi connectivity index (χ3n) is 4.82. The highest BCUT2D eigenvalue weighted by Gasteiger charge is 2.45. The predicted octanol–water partition coefficient (Wildman–Crippen LogP) is 6.30. The Hall–Kier alpha value is -1.81. The van der Waals surface area contributed by atoms with Crippen molar-refractivity contribution in [1.29, 1.82) is 0 Å². The zero-order chi connectivity index (χ0) is 23.1. The Morgan fingerprint density at radius 2 is 1.57 bits per heavy atom. The van der Waals surface area contributed by atoms with Crippen LogP contribution in [0.3, 0.4) is 0 Å². The first kappa shape index (κ1) is 26.2. The first-order chi connectivity index (χ1) is 14.0. The summed E-state index contributed by atoms with van der Waals surface area (Å²) < 4.78 is 24.9. The van der Waals surface area contributed by atoms with E-state index in [4.69, 9.17) is 9.26 Å². The van der Waals surface area contributed by atoms with Crippen molar-refractivity contribution in [2.45, 2.75) is 61.8 Å². The van der Waals surface area contributed by atoms with Crippen molar-refractivity contribution in [2.75, 3.05) is 19.8 Å². The summed E-state index contributed by atoms with van der Waals surface area (Å²) in [5.41, 5.74) is 2.77. The van der Waals surface area contributed by atoms with Crippen LogP contribution in [0.15, 0.2) is 34.9 Å². The van der Waals surface area contributed by atoms with E-state index < -0.39 is 18.4 Å². The predicted molar refractivity (Wildman–Crippen MR) is 122 cm³/mol. The molecule has 0 heterocycles. The maximum absolute atomic E-state index is 14.0. The Morgan fingerprint density at radius 1 is 1.00 bits per heavy atom. The highest BCUT2D eigenvalue weighted by molar-refractivity contribution is 7.91. The summed E-state index contributed by atoms with van der Waals surface area (Å²) in [6, 6.07) is 3.69. The van der Waals surface area contributed by atoms with E-state index in [-0.39, 0.29) is 24.4 Å². The van der Waals surface area contributed by atoms with Crippen LogP contribution in [0.1, 0.15) is 68.1 Å². The second-order valence-corrected chi connectivity index (χ2v) is 9.90. The molecule has 0 spiro atoms. The van der Waals surface area contributed by atoms with Crippen molar-refractivity contribution in [3.63, 3.8) is 0 Å². The Bertz CT molecular complexity index is 881. The van der Waals surface area contributed by atoms with Crippen molar-refractivity contribution in [1.82, 2.24) is 0 Å². The number of carbonyl (C=O) groups excluding carboxylic acids is 2. The van der Waals surface area contributed by atoms with Crippen molar-refractivity contribution >= 4 is 18.4 Å². The maximum atomic E-state index is 14.0. The zero-order valence-corrected chi connectivity index (χ0v) is 20.4. The Morgan fingerprint density at radius 3 is 2.03 bits per heavy atom. The average molecular weight is 435 g/mol. The van der Waals surface area contributed by atoms with Gasteiger partial charge in [-0.3, -0.25) is 14.2 Å². The van der Waals surface area contributed by atoms with Crippen molar-refractivity contribution in [2.24, 2.45) is 0 Å². The number of allylic oxidation sites excluding steroid dienone is 4. The lowest BCUT2D eigenvalue weighted by Gasteiger charge is -2.21. The van der Waals surface area contributed by atoms with E-state index in [0.717, 1.165) is 12.0 Å². The van der Waals surface area contributed by atoms with Crippen LogP contribution >= 0.6 is 7.37 Å². The van der Waals surface area contributed by atoms with Crippen LogP contribution in [0.2, 0.25) is 0 Å². The molecule has 166 valence electrons. The average Bonchev–Trinajstić information content (AvgIpc) is 2.66. The van der Waals surface area contributed by atoms with E-state index in [0.29, 0.717) is 28.9 Å². The molecule has 0 radical (unpaired) electrons. The van der Waals surface area contributed by atoms with E-state index in [2.05, 4.69) is 0 Å². The third-order valence-corrected chi connectivity index (χ3v) is 6.88. The first-order valence-electron chi connectivity index (χ1n) is 10.3. The van der Waals surface area contributed by atoms with Crippen molar-refractivity contribution in [3.8, 4) is 0 Å². The molecule has 1 rings (SSSR count). The minimum Gasteiger partial charge on any atom is -0.379 e. The molecule has 0 amide bonds. The van der Waals surface area contributed by atoms with E-state index >= 15 is 0 Å². The minimum absolute atomic E-state index is 0.0936. The second kappa shape index (κ2) is 11.5. The van der Waals surface area contributed by atoms with Gasteiger partial charge in [-0.1, -0.05) is 36.3 Å². The summed E-state index contributed by atoms with van der Waals surface area (Å²) in [5.74, 6) is 0. The normalized spacial score (nSPS) is 13.7. The molecule has 0 saturated carbocycles. The Balaban J connectivity index is 3.51. The molecule has 0 fully saturated rings. The Kier molecular flexibility index (Phi) is 10.1. The standard InChI is InChI=1S/C24H35O5P/c1-9-11-28-12-13-29-30(27,23(25)21(16(3)4)18(6)10-2)24(26)22-19(7)14-17(5)15-20(22)8/h10,14-15H,9,11-13H2,1-8H3. The molecule has 1 aromatic rings. The number of aryl methyl sites for hydroxylation is 3. The third kappa shape index (κ3) is 6.10. The molecular formula is C24H35O5P. The fourth-order valence-corrected chi connectivity index (χ4v) is 5.51. The lowest BCUT2D eigenvalue weighted by atomic mass is 10.0. The van der Waals surface area contributed by atoms with Gasteiger partial charge in [0.15, 0.2) is 0 Å². The van der Waals surface area contributed by atoms with Crippen molar-refractivity contribution in [3.05, 3.63) is 57.2 Å². The van der Waals surface area contributed by atoms with E-state index in [1.54, 1.807) is 47.6 Å². The van der Waals surface area contributed by atoms with Crippen molar-refractivity contribution < 1.29 is 23.4 Å². The second-order valence-electron chi connectivity index (χ2n) is 7.73. The largest absolute Gasteiger partial charge is 0.379 e. The maximum Gasteiger partial charge on any atom is 0.340 e. The molecular weight excluding hydrogens is 399 g/mol. The number of ether oxygens (including phenoxy) is 1. The zero-order valence-electron chi connectivity index (χ0n) is 19.5. The van der Waals surface area contributed by atoms with Crippen LogP contribution < -0.4 is 0 Å². The molecule has 0 saturated heterocycles. The molecule has 1 aromatic carbocycles. The summed E-state index contributed by atoms with van der Waals surface area (Å²) in [6.07, 6.45) is 2.60. The summed E-state index contributed by atoms with van der Waals surface area (Å²) in [7, 11) is -4.37. The van der Waals surface area contributed by atoms with Gasteiger partial charge in [-0.25, -0.2) is 0 Å². The van der Waals surface area contributed by atoms with Crippen LogP contribution in [0, 0.1) is 20.8 Å². The highest BCUT2D eigenvalue weighted by atomic mass is 31.2. The summed E-state index contributed by atoms with van der Waals surface area (Å²) >= 11 is 0. The topological polar surface area (TPSA) is 69.7 Å². The molecule has 1 atom stereocenters. The van der Waals surface area contributed by atoms with E-state index in [1.165, 1.54) is 0 Å². The van der Waals surface area contributed by atoms with Crippen LogP contribution in [0.5, 0.6) is 0 Å². The fourth-order valence-electron chi connectivity index (χ4n) is 3.41. The van der Waals surface area contributed by atoms with Gasteiger partial charge in [0.2, 0.25) is 0 Å². The lowest BCUT2D eigenvalue weighted by molar-refractivity contribution is -0.109. The molecule has 0 N–H and O–H groups in total. The molecule has 1 unspecified atom stereocenters. The highest BCUT2D eigenvalue weighted by Crippen LogP contribution is 2.54. The van der Waals surface area contributed by atoms with Gasteiger partial charge in [0.25, 0.3) is 11.0 Å². The lowest BCUT2D eigenvalue weighted by Crippen LogP contribution is -2.19. The van der Waals surface area contributed by atoms with Crippen LogP contribution in [-0.2, 0) is 18.6 Å². The van der Waals surface area contributed by atoms with Gasteiger partial charge < -0.3 is 9.26 Å². The minimum atomic E-state index is -4.37. The summed E-state index contributed by atoms with van der Waals surface area (Å²) in [4.78, 5) is 27.0. The molecule has 0 bridgehead atoms. The first-order valence-corrected chi connectivity index (χ1v) is 11.9. The number of benzene rings is 1. The van der Waals surface area contributed by atoms with Gasteiger partial charge in [-0.05, 0) is 71.6 Å². The van der Waals surface area contributed by atoms with Gasteiger partial charge in [0.1, 0.15) is 0 Å². The number of rotatable bonds is 11. The SMILES string of the molecule is CC=C(C)C(C(=O)P(=O)(OCCOCCC)C(=O)c1c(C)cc(C)cc1C)=C(C)C. The van der Waals surface area contributed by atoms with E-state index in [9.17, 15) is 14.2 Å². The molecule has 5 nitrogen and oxygen atoms in total. The van der Waals surface area contributed by atoms with Gasteiger partial charge in [-0.2, -0.15) is 0 Å². The molecule has 30 heavy (non-hydrogen) atoms. The molecule has 0 aliphatic heterocycles. The number of hydrogen-bond acceptors (Lipinski definition) is 5. The molecule has 6 heteroatoms. The van der Waals surface area contributed by atoms with Crippen LogP contribution in [0.4, 0.5) is 0 Å². The quantitative estimate of drug-likeness (QED) is 0.177. The monoisotopic (exact) mass is 434 g/mol.